The molecule has 198 valence electrons. The zero-order valence-electron chi connectivity index (χ0n) is 21.0. The molecule has 0 saturated carbocycles. The second kappa shape index (κ2) is 11.6. The summed E-state index contributed by atoms with van der Waals surface area (Å²) in [5.74, 6) is -3.18. The van der Waals surface area contributed by atoms with E-state index >= 15 is 0 Å². The smallest absolute Gasteiger partial charge is 0.411 e. The van der Waals surface area contributed by atoms with Crippen molar-refractivity contribution in [2.45, 2.75) is 13.8 Å². The van der Waals surface area contributed by atoms with Crippen molar-refractivity contribution < 1.29 is 34.1 Å². The van der Waals surface area contributed by atoms with Gasteiger partial charge in [0.2, 0.25) is 5.91 Å². The molecule has 0 aliphatic rings. The van der Waals surface area contributed by atoms with Gasteiger partial charge < -0.3 is 25.6 Å². The molecule has 3 aromatic carbocycles. The number of nitriles is 1. The number of aromatic carboxylic acids is 1. The van der Waals surface area contributed by atoms with Crippen molar-refractivity contribution in [3.8, 4) is 22.9 Å². The maximum absolute atomic E-state index is 12.9. The van der Waals surface area contributed by atoms with Crippen LogP contribution < -0.4 is 16.0 Å². The van der Waals surface area contributed by atoms with Gasteiger partial charge in [0.15, 0.2) is 0 Å². The zero-order valence-corrected chi connectivity index (χ0v) is 21.0. The van der Waals surface area contributed by atoms with Gasteiger partial charge in [-0.1, -0.05) is 6.07 Å². The van der Waals surface area contributed by atoms with Gasteiger partial charge in [0.25, 0.3) is 5.91 Å². The average Bonchev–Trinajstić information content (AvgIpc) is 2.88. The Bertz CT molecular complexity index is 1570. The number of aromatic hydroxyl groups is 1. The zero-order chi connectivity index (χ0) is 28.9. The molecule has 3 rings (SSSR count). The number of nitrogens with zero attached hydrogens (tertiary/aromatic N) is 1. The second-order valence-corrected chi connectivity index (χ2v) is 8.25. The van der Waals surface area contributed by atoms with Crippen LogP contribution in [-0.4, -0.2) is 46.9 Å². The van der Waals surface area contributed by atoms with Gasteiger partial charge in [0.05, 0.1) is 35.7 Å². The Morgan fingerprint density at radius 2 is 1.64 bits per heavy atom. The number of ether oxygens (including phenoxy) is 1. The Balaban J connectivity index is 2.03. The lowest BCUT2D eigenvalue weighted by Gasteiger charge is -2.17. The molecule has 0 fully saturated rings. The quantitative estimate of drug-likeness (QED) is 0.194. The number of rotatable bonds is 7. The second-order valence-electron chi connectivity index (χ2n) is 8.25. The van der Waals surface area contributed by atoms with Crippen LogP contribution in [0, 0.1) is 23.7 Å². The highest BCUT2D eigenvalue weighted by Crippen LogP contribution is 2.37. The van der Waals surface area contributed by atoms with E-state index in [1.807, 2.05) is 0 Å². The van der Waals surface area contributed by atoms with Gasteiger partial charge in [-0.3, -0.25) is 20.3 Å². The Labute approximate surface area is 222 Å². The summed E-state index contributed by atoms with van der Waals surface area (Å²) in [6.45, 7) is 3.12. The van der Waals surface area contributed by atoms with Crippen molar-refractivity contribution in [1.29, 1.82) is 10.7 Å². The van der Waals surface area contributed by atoms with E-state index in [2.05, 4.69) is 20.7 Å². The summed E-state index contributed by atoms with van der Waals surface area (Å²) < 4.78 is 4.68. The summed E-state index contributed by atoms with van der Waals surface area (Å²) in [4.78, 5) is 47.9. The monoisotopic (exact) mass is 529 g/mol. The molecule has 12 nitrogen and oxygen atoms in total. The molecule has 0 heterocycles. The number of carbonyl (C=O) groups is 4. The SMILES string of the molecule is COC(=O)Nc1cc(C(=N)C(=O)Nc2ccc(C#N)cc2C(=O)O)c(O)cc1-c1ccc(NC(C)=O)cc1C. The first-order chi connectivity index (χ1) is 18.4. The fourth-order valence-electron chi connectivity index (χ4n) is 3.73. The fourth-order valence-corrected chi connectivity index (χ4v) is 3.73. The van der Waals surface area contributed by atoms with E-state index in [4.69, 9.17) is 10.7 Å². The highest BCUT2D eigenvalue weighted by Gasteiger charge is 2.23. The number of hydrogen-bond acceptors (Lipinski definition) is 8. The first-order valence-corrected chi connectivity index (χ1v) is 11.2. The van der Waals surface area contributed by atoms with Crippen LogP contribution in [0.1, 0.15) is 34.0 Å². The van der Waals surface area contributed by atoms with Gasteiger partial charge >= 0.3 is 12.1 Å². The molecule has 3 amide bonds. The van der Waals surface area contributed by atoms with Crippen LogP contribution in [0.3, 0.4) is 0 Å². The van der Waals surface area contributed by atoms with Crippen LogP contribution in [0.15, 0.2) is 48.5 Å². The van der Waals surface area contributed by atoms with E-state index in [0.29, 0.717) is 22.4 Å². The summed E-state index contributed by atoms with van der Waals surface area (Å²) in [5, 5.41) is 45.1. The predicted octanol–water partition coefficient (Wildman–Crippen LogP) is 4.08. The Morgan fingerprint density at radius 1 is 0.923 bits per heavy atom. The maximum atomic E-state index is 12.9. The van der Waals surface area contributed by atoms with Crippen LogP contribution in [-0.2, 0) is 14.3 Å². The molecular formula is C27H23N5O7. The molecule has 12 heteroatoms. The Morgan fingerprint density at radius 3 is 2.23 bits per heavy atom. The van der Waals surface area contributed by atoms with E-state index in [1.165, 1.54) is 31.2 Å². The van der Waals surface area contributed by atoms with E-state index in [-0.39, 0.29) is 34.0 Å². The van der Waals surface area contributed by atoms with E-state index in [0.717, 1.165) is 13.2 Å². The van der Waals surface area contributed by atoms with Gasteiger partial charge in [-0.2, -0.15) is 5.26 Å². The number of benzene rings is 3. The first-order valence-electron chi connectivity index (χ1n) is 11.2. The number of nitrogens with one attached hydrogen (secondary N) is 4. The third-order valence-corrected chi connectivity index (χ3v) is 5.52. The molecule has 0 bridgehead atoms. The van der Waals surface area contributed by atoms with Crippen molar-refractivity contribution >= 4 is 46.7 Å². The molecule has 0 aliphatic carbocycles. The number of carbonyl (C=O) groups excluding carboxylic acids is 3. The fraction of sp³-hybridized carbons (Fsp3) is 0.111. The van der Waals surface area contributed by atoms with Gasteiger partial charge in [-0.05, 0) is 60.5 Å². The summed E-state index contributed by atoms with van der Waals surface area (Å²) in [5.41, 5.74) is 0.770. The lowest BCUT2D eigenvalue weighted by molar-refractivity contribution is -0.114. The molecule has 0 atom stereocenters. The van der Waals surface area contributed by atoms with Crippen molar-refractivity contribution in [1.82, 2.24) is 0 Å². The van der Waals surface area contributed by atoms with Crippen LogP contribution in [0.5, 0.6) is 5.75 Å². The predicted molar refractivity (Wildman–Crippen MR) is 142 cm³/mol. The minimum Gasteiger partial charge on any atom is -0.507 e. The molecule has 0 aliphatic heterocycles. The Kier molecular flexibility index (Phi) is 8.27. The van der Waals surface area contributed by atoms with E-state index in [1.54, 1.807) is 31.2 Å². The molecular weight excluding hydrogens is 506 g/mol. The summed E-state index contributed by atoms with van der Waals surface area (Å²) in [6.07, 6.45) is -0.847. The molecule has 0 unspecified atom stereocenters. The number of phenolic OH excluding ortho intramolecular Hbond substituents is 1. The number of anilines is 3. The van der Waals surface area contributed by atoms with E-state index < -0.39 is 29.4 Å². The van der Waals surface area contributed by atoms with Crippen molar-refractivity contribution in [3.05, 3.63) is 70.8 Å². The highest BCUT2D eigenvalue weighted by atomic mass is 16.5. The minimum absolute atomic E-state index is 0.0626. The van der Waals surface area contributed by atoms with Crippen LogP contribution in [0.2, 0.25) is 0 Å². The van der Waals surface area contributed by atoms with Crippen molar-refractivity contribution in [3.63, 3.8) is 0 Å². The van der Waals surface area contributed by atoms with Crippen molar-refractivity contribution in [2.24, 2.45) is 0 Å². The standard InChI is InChI=1S/C27H23N5O7/c1-13-8-16(30-14(2)33)5-6-17(13)18-11-23(34)20(10-22(18)32-27(38)39-3)24(29)25(35)31-21-7-4-15(12-28)9-19(21)26(36)37/h4-11,29,34H,1-3H3,(H,30,33)(H,31,35)(H,32,38)(H,36,37). The highest BCUT2D eigenvalue weighted by molar-refractivity contribution is 6.48. The molecule has 39 heavy (non-hydrogen) atoms. The van der Waals surface area contributed by atoms with Gasteiger partial charge in [0, 0.05) is 23.7 Å². The first kappa shape index (κ1) is 27.9. The lowest BCUT2D eigenvalue weighted by Crippen LogP contribution is -2.24. The molecule has 0 radical (unpaired) electrons. The summed E-state index contributed by atoms with van der Waals surface area (Å²) >= 11 is 0. The molecule has 0 aromatic heterocycles. The molecule has 0 spiro atoms. The molecule has 3 aromatic rings. The number of carboxylic acid groups (broad SMARTS) is 1. The number of amides is 3. The number of aryl methyl sites for hydroxylation is 1. The molecule has 0 saturated heterocycles. The summed E-state index contributed by atoms with van der Waals surface area (Å²) in [6, 6.07) is 12.8. The number of carboxylic acids is 1. The third kappa shape index (κ3) is 6.36. The van der Waals surface area contributed by atoms with Crippen LogP contribution in [0.4, 0.5) is 21.9 Å². The average molecular weight is 530 g/mol. The summed E-state index contributed by atoms with van der Waals surface area (Å²) in [7, 11) is 1.15. The van der Waals surface area contributed by atoms with Gasteiger partial charge in [-0.25, -0.2) is 9.59 Å². The third-order valence-electron chi connectivity index (χ3n) is 5.52. The minimum atomic E-state index is -1.40. The largest absolute Gasteiger partial charge is 0.507 e. The number of methoxy groups -OCH3 is 1. The van der Waals surface area contributed by atoms with Gasteiger partial charge in [-0.15, -0.1) is 0 Å². The Hall–Kier alpha value is -5.70. The van der Waals surface area contributed by atoms with Crippen LogP contribution in [0.25, 0.3) is 11.1 Å². The van der Waals surface area contributed by atoms with E-state index in [9.17, 15) is 29.4 Å². The normalized spacial score (nSPS) is 10.1. The lowest BCUT2D eigenvalue weighted by atomic mass is 9.95. The number of phenols is 1. The van der Waals surface area contributed by atoms with Gasteiger partial charge in [0.1, 0.15) is 11.5 Å². The topological polar surface area (TPSA) is 202 Å². The number of hydrogen-bond donors (Lipinski definition) is 6. The van der Waals surface area contributed by atoms with Crippen LogP contribution >= 0.6 is 0 Å². The molecule has 6 N–H and O–H groups in total. The van der Waals surface area contributed by atoms with Crippen molar-refractivity contribution in [2.75, 3.05) is 23.1 Å². The maximum Gasteiger partial charge on any atom is 0.411 e.